The number of fused-ring (bicyclic) bond motifs is 5. The molecule has 1 nitrogen and oxygen atoms in total. The first kappa shape index (κ1) is 29.4. The lowest BCUT2D eigenvalue weighted by Gasteiger charge is -2.22. The van der Waals surface area contributed by atoms with Gasteiger partial charge in [0.25, 0.3) is 0 Å². The Balaban J connectivity index is 0.000000121. The van der Waals surface area contributed by atoms with Gasteiger partial charge < -0.3 is 4.90 Å². The number of benzene rings is 4. The van der Waals surface area contributed by atoms with Crippen LogP contribution < -0.4 is 4.90 Å². The van der Waals surface area contributed by atoms with Crippen molar-refractivity contribution in [3.63, 3.8) is 0 Å². The summed E-state index contributed by atoms with van der Waals surface area (Å²) in [6, 6.07) is 33.6. The smallest absolute Gasteiger partial charge is 0.0525 e. The zero-order valence-electron chi connectivity index (χ0n) is 26.2. The van der Waals surface area contributed by atoms with Gasteiger partial charge in [-0.25, -0.2) is 0 Å². The molecule has 44 heavy (non-hydrogen) atoms. The van der Waals surface area contributed by atoms with Gasteiger partial charge in [0.05, 0.1) is 5.69 Å². The molecule has 2 unspecified atom stereocenters. The molecule has 218 valence electrons. The SMILES string of the molecule is CC1Cc2ccccc2C#Cc2ccccc21.CC1[C@H]2CCC#CCC[C@@H]12.CN1Cc2ccccc2C#Cc2ccccc21. The van der Waals surface area contributed by atoms with Crippen molar-refractivity contribution in [3.05, 3.63) is 136 Å². The molecule has 3 aliphatic carbocycles. The van der Waals surface area contributed by atoms with Gasteiger partial charge in [-0.2, -0.15) is 0 Å². The van der Waals surface area contributed by atoms with E-state index in [0.717, 1.165) is 54.7 Å². The summed E-state index contributed by atoms with van der Waals surface area (Å²) in [5.41, 5.74) is 9.81. The number of rotatable bonds is 0. The molecule has 8 rings (SSSR count). The maximum absolute atomic E-state index is 3.30. The number of hydrogen-bond donors (Lipinski definition) is 0. The lowest BCUT2D eigenvalue weighted by atomic mass is 9.87. The Morgan fingerprint density at radius 2 is 1.07 bits per heavy atom. The molecule has 1 fully saturated rings. The maximum atomic E-state index is 3.30. The molecule has 0 spiro atoms. The van der Waals surface area contributed by atoms with Gasteiger partial charge in [0.1, 0.15) is 0 Å². The van der Waals surface area contributed by atoms with Crippen LogP contribution >= 0.6 is 0 Å². The van der Waals surface area contributed by atoms with Crippen molar-refractivity contribution in [3.8, 4) is 35.5 Å². The highest BCUT2D eigenvalue weighted by molar-refractivity contribution is 5.64. The van der Waals surface area contributed by atoms with Crippen molar-refractivity contribution in [1.82, 2.24) is 0 Å². The summed E-state index contributed by atoms with van der Waals surface area (Å²) < 4.78 is 0. The molecule has 4 aliphatic rings. The molecular weight excluding hydrogens is 530 g/mol. The zero-order valence-corrected chi connectivity index (χ0v) is 26.2. The minimum Gasteiger partial charge on any atom is -0.369 e. The maximum Gasteiger partial charge on any atom is 0.0525 e. The van der Waals surface area contributed by atoms with Crippen molar-refractivity contribution in [2.45, 2.75) is 58.4 Å². The first-order chi connectivity index (χ1) is 21.6. The number of anilines is 1. The summed E-state index contributed by atoms with van der Waals surface area (Å²) in [6.07, 6.45) is 6.14. The molecule has 0 amide bonds. The van der Waals surface area contributed by atoms with Gasteiger partial charge in [0, 0.05) is 48.7 Å². The molecule has 1 heteroatoms. The minimum atomic E-state index is 0.530. The van der Waals surface area contributed by atoms with Crippen molar-refractivity contribution in [1.29, 1.82) is 0 Å². The van der Waals surface area contributed by atoms with Gasteiger partial charge in [-0.3, -0.25) is 0 Å². The highest BCUT2D eigenvalue weighted by Crippen LogP contribution is 2.51. The van der Waals surface area contributed by atoms with Gasteiger partial charge in [-0.15, -0.1) is 11.8 Å². The number of hydrogen-bond acceptors (Lipinski definition) is 1. The third-order valence-corrected chi connectivity index (χ3v) is 9.53. The molecule has 4 atom stereocenters. The van der Waals surface area contributed by atoms with Gasteiger partial charge >= 0.3 is 0 Å². The van der Waals surface area contributed by atoms with E-state index in [1.807, 2.05) is 12.1 Å². The van der Waals surface area contributed by atoms with Gasteiger partial charge in [-0.05, 0) is 90.0 Å². The van der Waals surface area contributed by atoms with Gasteiger partial charge in [0.2, 0.25) is 0 Å². The first-order valence-electron chi connectivity index (χ1n) is 16.1. The van der Waals surface area contributed by atoms with Crippen LogP contribution in [0, 0.1) is 53.3 Å². The van der Waals surface area contributed by atoms with E-state index in [-0.39, 0.29) is 0 Å². The van der Waals surface area contributed by atoms with Crippen LogP contribution in [0.1, 0.15) is 84.4 Å². The van der Waals surface area contributed by atoms with Gasteiger partial charge in [-0.1, -0.05) is 104 Å². The molecule has 0 saturated heterocycles. The van der Waals surface area contributed by atoms with Crippen LogP contribution in [0.2, 0.25) is 0 Å². The monoisotopic (exact) mass is 571 g/mol. The second-order valence-corrected chi connectivity index (χ2v) is 12.5. The molecule has 0 radical (unpaired) electrons. The predicted molar refractivity (Wildman–Crippen MR) is 184 cm³/mol. The lowest BCUT2D eigenvalue weighted by molar-refractivity contribution is 0.618. The standard InChI is InChI=1S/C17H14.C16H13N.C10H14/c1-13-12-16-8-3-2-6-14(16)10-11-15-7-4-5-9-17(13)15;1-17-12-15-8-3-2-6-13(15)10-11-14-7-4-5-9-16(14)17;1-8-9-6-4-2-3-5-7-10(8)9/h2-9,13H,12H2,1H3;2-9H,12H2,1H3;8-10H,4-7H2,1H3/t;;8?,9-,10+. The van der Waals surface area contributed by atoms with Gasteiger partial charge in [0.15, 0.2) is 0 Å². The predicted octanol–water partition coefficient (Wildman–Crippen LogP) is 9.23. The average Bonchev–Trinajstić information content (AvgIpc) is 3.63. The molecule has 1 heterocycles. The van der Waals surface area contributed by atoms with Crippen LogP contribution in [0.5, 0.6) is 0 Å². The van der Waals surface area contributed by atoms with E-state index >= 15 is 0 Å². The highest BCUT2D eigenvalue weighted by atomic mass is 15.1. The van der Waals surface area contributed by atoms with E-state index in [4.69, 9.17) is 0 Å². The van der Waals surface area contributed by atoms with E-state index < -0.39 is 0 Å². The Labute approximate surface area is 264 Å². The van der Waals surface area contributed by atoms with Crippen LogP contribution in [-0.4, -0.2) is 7.05 Å². The Morgan fingerprint density at radius 1 is 0.568 bits per heavy atom. The summed E-state index contributed by atoms with van der Waals surface area (Å²) in [7, 11) is 2.11. The summed E-state index contributed by atoms with van der Waals surface area (Å²) in [5.74, 6) is 23.2. The van der Waals surface area contributed by atoms with Crippen molar-refractivity contribution < 1.29 is 0 Å². The molecule has 4 aromatic rings. The molecule has 4 aromatic carbocycles. The average molecular weight is 572 g/mol. The van der Waals surface area contributed by atoms with Crippen LogP contribution in [0.25, 0.3) is 0 Å². The fraction of sp³-hybridized carbons (Fsp3) is 0.302. The second kappa shape index (κ2) is 13.8. The second-order valence-electron chi connectivity index (χ2n) is 12.5. The highest BCUT2D eigenvalue weighted by Gasteiger charge is 2.44. The Kier molecular flexibility index (Phi) is 9.21. The van der Waals surface area contributed by atoms with Crippen LogP contribution in [0.4, 0.5) is 5.69 Å². The first-order valence-corrected chi connectivity index (χ1v) is 16.1. The molecule has 0 N–H and O–H groups in total. The topological polar surface area (TPSA) is 3.24 Å². The Morgan fingerprint density at radius 3 is 1.77 bits per heavy atom. The third kappa shape index (κ3) is 6.94. The largest absolute Gasteiger partial charge is 0.369 e. The van der Waals surface area contributed by atoms with Crippen LogP contribution in [0.3, 0.4) is 0 Å². The molecular formula is C43H41N. The number of nitrogens with zero attached hydrogens (tertiary/aromatic N) is 1. The number of para-hydroxylation sites is 1. The van der Waals surface area contributed by atoms with Crippen LogP contribution in [-0.2, 0) is 13.0 Å². The van der Waals surface area contributed by atoms with E-state index in [1.54, 1.807) is 0 Å². The van der Waals surface area contributed by atoms with E-state index in [1.165, 1.54) is 46.3 Å². The van der Waals surface area contributed by atoms with Crippen molar-refractivity contribution in [2.24, 2.45) is 17.8 Å². The molecule has 1 saturated carbocycles. The summed E-state index contributed by atoms with van der Waals surface area (Å²) in [6.45, 7) is 5.57. The fourth-order valence-electron chi connectivity index (χ4n) is 6.85. The molecule has 0 aromatic heterocycles. The van der Waals surface area contributed by atoms with E-state index in [0.29, 0.717) is 5.92 Å². The van der Waals surface area contributed by atoms with E-state index in [2.05, 4.69) is 146 Å². The third-order valence-electron chi connectivity index (χ3n) is 9.53. The minimum absolute atomic E-state index is 0.530. The fourth-order valence-corrected chi connectivity index (χ4v) is 6.85. The summed E-state index contributed by atoms with van der Waals surface area (Å²) >= 11 is 0. The zero-order chi connectivity index (χ0) is 30.3. The summed E-state index contributed by atoms with van der Waals surface area (Å²) in [4.78, 5) is 2.25. The normalized spacial score (nSPS) is 21.4. The van der Waals surface area contributed by atoms with Crippen LogP contribution in [0.15, 0.2) is 97.1 Å². The van der Waals surface area contributed by atoms with Crippen molar-refractivity contribution >= 4 is 5.69 Å². The Bertz CT molecular complexity index is 1680. The quantitative estimate of drug-likeness (QED) is 0.190. The van der Waals surface area contributed by atoms with Crippen molar-refractivity contribution in [2.75, 3.05) is 11.9 Å². The Hall–Kier alpha value is -4.64. The van der Waals surface area contributed by atoms with E-state index in [9.17, 15) is 0 Å². The molecule has 1 aliphatic heterocycles. The molecule has 0 bridgehead atoms. The lowest BCUT2D eigenvalue weighted by Crippen LogP contribution is -2.19. The summed E-state index contributed by atoms with van der Waals surface area (Å²) in [5, 5.41) is 0.